The van der Waals surface area contributed by atoms with Crippen LogP contribution < -0.4 is 5.32 Å². The normalized spacial score (nSPS) is 15.5. The minimum absolute atomic E-state index is 0.385. The summed E-state index contributed by atoms with van der Waals surface area (Å²) in [5.74, 6) is -0.989. The minimum atomic E-state index is -1.25. The molecular formula is C14H14N4O3. The minimum Gasteiger partial charge on any atom is -0.480 e. The summed E-state index contributed by atoms with van der Waals surface area (Å²) in [5, 5.41) is 16.0. The Morgan fingerprint density at radius 3 is 2.71 bits per heavy atom. The van der Waals surface area contributed by atoms with E-state index in [0.717, 1.165) is 5.56 Å². The Bertz CT molecular complexity index is 719. The lowest BCUT2D eigenvalue weighted by atomic mass is 10.1. The third-order valence-corrected chi connectivity index (χ3v) is 3.57. The van der Waals surface area contributed by atoms with Gasteiger partial charge >= 0.3 is 5.97 Å². The third-order valence-electron chi connectivity index (χ3n) is 3.57. The Labute approximate surface area is 120 Å². The monoisotopic (exact) mass is 286 g/mol. The molecule has 0 bridgehead atoms. The number of amides is 1. The third kappa shape index (κ3) is 2.37. The maximum absolute atomic E-state index is 12.1. The number of hydrogen-bond donors (Lipinski definition) is 2. The Balaban J connectivity index is 1.81. The predicted octanol–water partition coefficient (Wildman–Crippen LogP) is 1.29. The van der Waals surface area contributed by atoms with E-state index >= 15 is 0 Å². The van der Waals surface area contributed by atoms with E-state index in [4.69, 9.17) is 5.11 Å². The Kier molecular flexibility index (Phi) is 2.97. The predicted molar refractivity (Wildman–Crippen MR) is 74.4 cm³/mol. The van der Waals surface area contributed by atoms with E-state index in [0.29, 0.717) is 24.4 Å². The number of nitrogens with one attached hydrogen (secondary N) is 1. The molecular weight excluding hydrogens is 272 g/mol. The number of carboxylic acids is 1. The largest absolute Gasteiger partial charge is 0.480 e. The van der Waals surface area contributed by atoms with Gasteiger partial charge in [0.2, 0.25) is 5.91 Å². The maximum Gasteiger partial charge on any atom is 0.319 e. The topological polar surface area (TPSA) is 97.1 Å². The summed E-state index contributed by atoms with van der Waals surface area (Å²) >= 11 is 0. The molecule has 1 aliphatic rings. The zero-order valence-corrected chi connectivity index (χ0v) is 11.4. The summed E-state index contributed by atoms with van der Waals surface area (Å²) in [6, 6.07) is 7.03. The number of aliphatic carboxylic acids is 1. The number of nitrogens with zero attached hydrogens (tertiary/aromatic N) is 3. The average Bonchev–Trinajstić information content (AvgIpc) is 3.16. The average molecular weight is 286 g/mol. The molecule has 2 aromatic rings. The van der Waals surface area contributed by atoms with Crippen molar-refractivity contribution in [2.45, 2.75) is 12.8 Å². The molecule has 1 fully saturated rings. The van der Waals surface area contributed by atoms with Crippen LogP contribution in [0.4, 0.5) is 5.69 Å². The number of carboxylic acid groups (broad SMARTS) is 1. The van der Waals surface area contributed by atoms with Gasteiger partial charge in [0.25, 0.3) is 0 Å². The van der Waals surface area contributed by atoms with Gasteiger partial charge in [0.1, 0.15) is 11.7 Å². The molecule has 0 saturated heterocycles. The number of benzene rings is 1. The summed E-state index contributed by atoms with van der Waals surface area (Å²) in [6.45, 7) is 0. The maximum atomic E-state index is 12.1. The summed E-state index contributed by atoms with van der Waals surface area (Å²) < 4.78 is 1.59. The fraction of sp³-hybridized carbons (Fsp3) is 0.286. The van der Waals surface area contributed by atoms with Crippen molar-refractivity contribution in [2.24, 2.45) is 12.5 Å². The van der Waals surface area contributed by atoms with Crippen LogP contribution in [0.25, 0.3) is 11.4 Å². The summed E-state index contributed by atoms with van der Waals surface area (Å²) in [4.78, 5) is 27.3. The van der Waals surface area contributed by atoms with Crippen LogP contribution in [0.3, 0.4) is 0 Å². The molecule has 1 aromatic carbocycles. The molecule has 0 radical (unpaired) electrons. The van der Waals surface area contributed by atoms with E-state index in [-0.39, 0.29) is 0 Å². The van der Waals surface area contributed by atoms with Crippen molar-refractivity contribution < 1.29 is 14.7 Å². The van der Waals surface area contributed by atoms with Gasteiger partial charge in [-0.15, -0.1) is 0 Å². The molecule has 108 valence electrons. The van der Waals surface area contributed by atoms with Crippen LogP contribution in [-0.4, -0.2) is 31.7 Å². The van der Waals surface area contributed by atoms with Crippen LogP contribution in [0, 0.1) is 5.41 Å². The highest BCUT2D eigenvalue weighted by atomic mass is 16.4. The molecule has 7 nitrogen and oxygen atoms in total. The molecule has 21 heavy (non-hydrogen) atoms. The molecule has 2 N–H and O–H groups in total. The lowest BCUT2D eigenvalue weighted by Gasteiger charge is -2.11. The number of aromatic nitrogens is 3. The number of hydrogen-bond acceptors (Lipinski definition) is 4. The van der Waals surface area contributed by atoms with Crippen molar-refractivity contribution in [2.75, 3.05) is 5.32 Å². The molecule has 1 aliphatic carbocycles. The smallest absolute Gasteiger partial charge is 0.319 e. The number of rotatable bonds is 4. The first-order valence-electron chi connectivity index (χ1n) is 6.52. The van der Waals surface area contributed by atoms with Gasteiger partial charge < -0.3 is 10.4 Å². The fourth-order valence-corrected chi connectivity index (χ4v) is 2.12. The van der Waals surface area contributed by atoms with E-state index in [9.17, 15) is 9.59 Å². The second-order valence-electron chi connectivity index (χ2n) is 5.16. The highest BCUT2D eigenvalue weighted by Gasteiger charge is 2.57. The van der Waals surface area contributed by atoms with Crippen molar-refractivity contribution in [3.8, 4) is 11.4 Å². The van der Waals surface area contributed by atoms with Crippen molar-refractivity contribution >= 4 is 17.6 Å². The summed E-state index contributed by atoms with van der Waals surface area (Å²) in [5.41, 5.74) is 0.0465. The van der Waals surface area contributed by atoms with Crippen molar-refractivity contribution in [1.82, 2.24) is 14.8 Å². The molecule has 1 amide bonds. The Morgan fingerprint density at radius 2 is 2.14 bits per heavy atom. The lowest BCUT2D eigenvalue weighted by Crippen LogP contribution is -2.31. The first-order valence-corrected chi connectivity index (χ1v) is 6.52. The zero-order chi connectivity index (χ0) is 15.0. The van der Waals surface area contributed by atoms with Gasteiger partial charge in [-0.05, 0) is 25.0 Å². The second-order valence-corrected chi connectivity index (χ2v) is 5.16. The van der Waals surface area contributed by atoms with Crippen molar-refractivity contribution in [3.05, 3.63) is 30.6 Å². The number of aryl methyl sites for hydroxylation is 1. The van der Waals surface area contributed by atoms with Crippen LogP contribution >= 0.6 is 0 Å². The second kappa shape index (κ2) is 4.69. The number of carbonyl (C=O) groups excluding carboxylic acids is 1. The standard InChI is InChI=1S/C14H14N4O3/c1-18-8-15-11(17-18)9-3-2-4-10(7-9)16-12(19)14(5-6-14)13(20)21/h2-4,7-8H,5-6H2,1H3,(H,16,19)(H,20,21). The highest BCUT2D eigenvalue weighted by molar-refractivity contribution is 6.10. The van der Waals surface area contributed by atoms with Gasteiger partial charge in [-0.3, -0.25) is 14.3 Å². The molecule has 1 saturated carbocycles. The fourth-order valence-electron chi connectivity index (χ4n) is 2.12. The van der Waals surface area contributed by atoms with Crippen molar-refractivity contribution in [1.29, 1.82) is 0 Å². The first kappa shape index (κ1) is 13.3. The van der Waals surface area contributed by atoms with Crippen LogP contribution in [0.5, 0.6) is 0 Å². The van der Waals surface area contributed by atoms with Gasteiger partial charge in [-0.1, -0.05) is 12.1 Å². The van der Waals surface area contributed by atoms with E-state index in [1.807, 2.05) is 6.07 Å². The molecule has 0 unspecified atom stereocenters. The van der Waals surface area contributed by atoms with Gasteiger partial charge in [0, 0.05) is 18.3 Å². The summed E-state index contributed by atoms with van der Waals surface area (Å²) in [7, 11) is 1.77. The number of carbonyl (C=O) groups is 2. The Hall–Kier alpha value is -2.70. The van der Waals surface area contributed by atoms with E-state index in [1.54, 1.807) is 36.3 Å². The molecule has 3 rings (SSSR count). The van der Waals surface area contributed by atoms with Crippen LogP contribution in [0.15, 0.2) is 30.6 Å². The molecule has 7 heteroatoms. The molecule has 0 aliphatic heterocycles. The molecule has 1 heterocycles. The van der Waals surface area contributed by atoms with Gasteiger partial charge in [0.15, 0.2) is 5.82 Å². The van der Waals surface area contributed by atoms with Crippen LogP contribution in [-0.2, 0) is 16.6 Å². The van der Waals surface area contributed by atoms with E-state index in [1.165, 1.54) is 0 Å². The van der Waals surface area contributed by atoms with Gasteiger partial charge in [-0.25, -0.2) is 4.98 Å². The molecule has 1 aromatic heterocycles. The van der Waals surface area contributed by atoms with Crippen LogP contribution in [0.2, 0.25) is 0 Å². The van der Waals surface area contributed by atoms with Crippen LogP contribution in [0.1, 0.15) is 12.8 Å². The molecule has 0 spiro atoms. The van der Waals surface area contributed by atoms with Crippen molar-refractivity contribution in [3.63, 3.8) is 0 Å². The lowest BCUT2D eigenvalue weighted by molar-refractivity contribution is -0.147. The highest BCUT2D eigenvalue weighted by Crippen LogP contribution is 2.46. The SMILES string of the molecule is Cn1cnc(-c2cccc(NC(=O)C3(C(=O)O)CC3)c2)n1. The molecule has 0 atom stereocenters. The zero-order valence-electron chi connectivity index (χ0n) is 11.4. The number of anilines is 1. The first-order chi connectivity index (χ1) is 10.0. The van der Waals surface area contributed by atoms with Gasteiger partial charge in [0.05, 0.1) is 0 Å². The van der Waals surface area contributed by atoms with Gasteiger partial charge in [-0.2, -0.15) is 5.10 Å². The Morgan fingerprint density at radius 1 is 1.38 bits per heavy atom. The van der Waals surface area contributed by atoms with E-state index in [2.05, 4.69) is 15.4 Å². The summed E-state index contributed by atoms with van der Waals surface area (Å²) in [6.07, 6.45) is 2.36. The van der Waals surface area contributed by atoms with E-state index < -0.39 is 17.3 Å². The quantitative estimate of drug-likeness (QED) is 0.825.